The Morgan fingerprint density at radius 2 is 2.16 bits per heavy atom. The number of nitrogens with one attached hydrogen (secondary N) is 2. The van der Waals surface area contributed by atoms with Crippen molar-refractivity contribution in [2.45, 2.75) is 32.4 Å². The Morgan fingerprint density at radius 3 is 2.96 bits per heavy atom. The minimum atomic E-state index is -0.191. The van der Waals surface area contributed by atoms with Crippen LogP contribution in [0.15, 0.2) is 30.5 Å². The van der Waals surface area contributed by atoms with Crippen molar-refractivity contribution in [3.63, 3.8) is 0 Å². The molecule has 6 nitrogen and oxygen atoms in total. The lowest BCUT2D eigenvalue weighted by Gasteiger charge is -2.11. The maximum Gasteiger partial charge on any atom is 0.263 e. The van der Waals surface area contributed by atoms with Crippen LogP contribution in [-0.4, -0.2) is 38.8 Å². The predicted molar refractivity (Wildman–Crippen MR) is 98.6 cm³/mol. The molecular weight excluding hydrogens is 334 g/mol. The van der Waals surface area contributed by atoms with Crippen LogP contribution >= 0.6 is 11.3 Å². The number of hydrogen-bond donors (Lipinski definition) is 2. The number of nitrogens with zero attached hydrogens (tertiary/aromatic N) is 3. The highest BCUT2D eigenvalue weighted by atomic mass is 32.1. The standard InChI is InChI=1S/C18H21N5OS/c1-12(17-21-13-6-2-3-7-14(13)22-17)20-18(24)15-10-19-16(25-15)11-23-8-4-5-9-23/h2-3,6-7,10,12H,4-5,8-9,11H2,1H3,(H,20,24)(H,21,22)/t12-/m0/s1. The summed E-state index contributed by atoms with van der Waals surface area (Å²) < 4.78 is 0. The molecule has 1 fully saturated rings. The number of likely N-dealkylation sites (tertiary alicyclic amines) is 1. The van der Waals surface area contributed by atoms with Crippen molar-refractivity contribution in [3.8, 4) is 0 Å². The molecular formula is C18H21N5OS. The summed E-state index contributed by atoms with van der Waals surface area (Å²) in [7, 11) is 0. The number of aromatic nitrogens is 3. The van der Waals surface area contributed by atoms with Crippen LogP contribution < -0.4 is 5.32 Å². The van der Waals surface area contributed by atoms with Crippen LogP contribution in [0.1, 0.15) is 46.3 Å². The molecule has 1 aliphatic rings. The first-order chi connectivity index (χ1) is 12.2. The van der Waals surface area contributed by atoms with Gasteiger partial charge in [0.15, 0.2) is 0 Å². The Balaban J connectivity index is 1.41. The smallest absolute Gasteiger partial charge is 0.263 e. The fourth-order valence-electron chi connectivity index (χ4n) is 3.13. The monoisotopic (exact) mass is 355 g/mol. The quantitative estimate of drug-likeness (QED) is 0.737. The molecule has 3 heterocycles. The number of aromatic amines is 1. The van der Waals surface area contributed by atoms with E-state index in [1.807, 2.05) is 31.2 Å². The number of carbonyl (C=O) groups is 1. The second-order valence-corrected chi connectivity index (χ2v) is 7.55. The summed E-state index contributed by atoms with van der Waals surface area (Å²) in [5.74, 6) is 0.662. The number of carbonyl (C=O) groups excluding carboxylic acids is 1. The highest BCUT2D eigenvalue weighted by Gasteiger charge is 2.18. The first-order valence-electron chi connectivity index (χ1n) is 8.61. The van der Waals surface area contributed by atoms with E-state index < -0.39 is 0 Å². The number of rotatable bonds is 5. The fourth-order valence-corrected chi connectivity index (χ4v) is 4.00. The van der Waals surface area contributed by atoms with Crippen molar-refractivity contribution >= 4 is 28.3 Å². The average molecular weight is 355 g/mol. The zero-order valence-electron chi connectivity index (χ0n) is 14.2. The summed E-state index contributed by atoms with van der Waals surface area (Å²) in [6, 6.07) is 7.66. The number of fused-ring (bicyclic) bond motifs is 1. The van der Waals surface area contributed by atoms with Crippen molar-refractivity contribution in [1.82, 2.24) is 25.2 Å². The van der Waals surface area contributed by atoms with Crippen LogP contribution in [0.2, 0.25) is 0 Å². The van der Waals surface area contributed by atoms with E-state index in [-0.39, 0.29) is 11.9 Å². The number of benzene rings is 1. The maximum absolute atomic E-state index is 12.5. The van der Waals surface area contributed by atoms with Gasteiger partial charge in [0, 0.05) is 0 Å². The first-order valence-corrected chi connectivity index (χ1v) is 9.43. The summed E-state index contributed by atoms with van der Waals surface area (Å²) in [4.78, 5) is 27.7. The zero-order chi connectivity index (χ0) is 17.2. The molecule has 1 aromatic carbocycles. The molecule has 0 unspecified atom stereocenters. The molecule has 1 aliphatic heterocycles. The third-order valence-corrected chi connectivity index (χ3v) is 5.48. The van der Waals surface area contributed by atoms with Gasteiger partial charge < -0.3 is 10.3 Å². The molecule has 7 heteroatoms. The Hall–Kier alpha value is -2.25. The van der Waals surface area contributed by atoms with Crippen LogP contribution in [0.3, 0.4) is 0 Å². The molecule has 130 valence electrons. The number of thiazole rings is 1. The Morgan fingerprint density at radius 1 is 1.36 bits per heavy atom. The lowest BCUT2D eigenvalue weighted by atomic mass is 10.3. The minimum Gasteiger partial charge on any atom is -0.342 e. The Kier molecular flexibility index (Phi) is 4.50. The Labute approximate surface area is 150 Å². The van der Waals surface area contributed by atoms with Gasteiger partial charge in [-0.15, -0.1) is 11.3 Å². The molecule has 1 amide bonds. The lowest BCUT2D eigenvalue weighted by molar-refractivity contribution is 0.0942. The van der Waals surface area contributed by atoms with Crippen molar-refractivity contribution in [2.75, 3.05) is 13.1 Å². The normalized spacial score (nSPS) is 16.4. The highest BCUT2D eigenvalue weighted by molar-refractivity contribution is 7.13. The first kappa shape index (κ1) is 16.2. The van der Waals surface area contributed by atoms with Gasteiger partial charge in [-0.2, -0.15) is 0 Å². The van der Waals surface area contributed by atoms with E-state index in [9.17, 15) is 4.79 Å². The molecule has 1 saturated heterocycles. The molecule has 4 rings (SSSR count). The maximum atomic E-state index is 12.5. The SMILES string of the molecule is C[C@H](NC(=O)c1cnc(CN2CCCC2)s1)c1nc2ccccc2[nH]1. The topological polar surface area (TPSA) is 73.9 Å². The van der Waals surface area contributed by atoms with Crippen LogP contribution in [0.4, 0.5) is 0 Å². The Bertz CT molecular complexity index is 847. The second-order valence-electron chi connectivity index (χ2n) is 6.44. The molecule has 0 spiro atoms. The number of para-hydroxylation sites is 2. The molecule has 1 atom stereocenters. The van der Waals surface area contributed by atoms with E-state index in [2.05, 4.69) is 25.2 Å². The second kappa shape index (κ2) is 6.93. The zero-order valence-corrected chi connectivity index (χ0v) is 15.0. The van der Waals surface area contributed by atoms with Crippen molar-refractivity contribution in [3.05, 3.63) is 46.2 Å². The van der Waals surface area contributed by atoms with Crippen molar-refractivity contribution < 1.29 is 4.79 Å². The molecule has 2 aromatic heterocycles. The van der Waals surface area contributed by atoms with Gasteiger partial charge >= 0.3 is 0 Å². The van der Waals surface area contributed by atoms with Gasteiger partial charge in [-0.25, -0.2) is 9.97 Å². The largest absolute Gasteiger partial charge is 0.342 e. The van der Waals surface area contributed by atoms with Gasteiger partial charge in [0.2, 0.25) is 0 Å². The average Bonchev–Trinajstić information content (AvgIpc) is 3.35. The molecule has 25 heavy (non-hydrogen) atoms. The van der Waals surface area contributed by atoms with Crippen molar-refractivity contribution in [2.24, 2.45) is 0 Å². The van der Waals surface area contributed by atoms with Crippen LogP contribution in [0.5, 0.6) is 0 Å². The summed E-state index contributed by atoms with van der Waals surface area (Å²) in [5, 5.41) is 4.01. The van der Waals surface area contributed by atoms with E-state index in [0.717, 1.165) is 41.5 Å². The van der Waals surface area contributed by atoms with Crippen LogP contribution in [0.25, 0.3) is 11.0 Å². The van der Waals surface area contributed by atoms with E-state index in [1.54, 1.807) is 6.20 Å². The van der Waals surface area contributed by atoms with Gasteiger partial charge in [-0.05, 0) is 45.0 Å². The van der Waals surface area contributed by atoms with Crippen molar-refractivity contribution in [1.29, 1.82) is 0 Å². The van der Waals surface area contributed by atoms with E-state index in [0.29, 0.717) is 4.88 Å². The van der Waals surface area contributed by atoms with Gasteiger partial charge in [0.1, 0.15) is 15.7 Å². The van der Waals surface area contributed by atoms with E-state index in [4.69, 9.17) is 0 Å². The van der Waals surface area contributed by atoms with Gasteiger partial charge in [-0.1, -0.05) is 12.1 Å². The molecule has 0 bridgehead atoms. The fraction of sp³-hybridized carbons (Fsp3) is 0.389. The molecule has 0 aliphatic carbocycles. The third-order valence-electron chi connectivity index (χ3n) is 4.50. The van der Waals surface area contributed by atoms with E-state index in [1.165, 1.54) is 24.2 Å². The van der Waals surface area contributed by atoms with E-state index >= 15 is 0 Å². The summed E-state index contributed by atoms with van der Waals surface area (Å²) >= 11 is 1.47. The summed E-state index contributed by atoms with van der Waals surface area (Å²) in [6.45, 7) is 5.03. The highest BCUT2D eigenvalue weighted by Crippen LogP contribution is 2.20. The molecule has 2 N–H and O–H groups in total. The summed E-state index contributed by atoms with van der Waals surface area (Å²) in [6.07, 6.45) is 4.19. The summed E-state index contributed by atoms with van der Waals surface area (Å²) in [5.41, 5.74) is 1.88. The molecule has 0 radical (unpaired) electrons. The molecule has 3 aromatic rings. The lowest BCUT2D eigenvalue weighted by Crippen LogP contribution is -2.26. The number of hydrogen-bond acceptors (Lipinski definition) is 5. The van der Waals surface area contributed by atoms with Crippen LogP contribution in [-0.2, 0) is 6.54 Å². The number of H-pyrrole nitrogens is 1. The molecule has 0 saturated carbocycles. The number of imidazole rings is 1. The van der Waals surface area contributed by atoms with Crippen LogP contribution in [0, 0.1) is 0 Å². The minimum absolute atomic E-state index is 0.0990. The number of amides is 1. The third kappa shape index (κ3) is 3.57. The predicted octanol–water partition coefficient (Wildman–Crippen LogP) is 3.11. The van der Waals surface area contributed by atoms with Gasteiger partial charge in [0.25, 0.3) is 5.91 Å². The van der Waals surface area contributed by atoms with Gasteiger partial charge in [-0.3, -0.25) is 9.69 Å². The van der Waals surface area contributed by atoms with Gasteiger partial charge in [0.05, 0.1) is 29.8 Å².